The van der Waals surface area contributed by atoms with Gasteiger partial charge in [0.1, 0.15) is 5.75 Å². The third-order valence-corrected chi connectivity index (χ3v) is 5.60. The largest absolute Gasteiger partial charge is 0.496 e. The van der Waals surface area contributed by atoms with E-state index in [1.54, 1.807) is 17.3 Å². The summed E-state index contributed by atoms with van der Waals surface area (Å²) in [5.74, 6) is -0.0199. The topological polar surface area (TPSA) is 102 Å². The van der Waals surface area contributed by atoms with Crippen LogP contribution in [0, 0.1) is 10.1 Å². The minimum Gasteiger partial charge on any atom is -0.496 e. The van der Waals surface area contributed by atoms with Crippen LogP contribution in [0.1, 0.15) is 15.9 Å². The van der Waals surface area contributed by atoms with E-state index in [1.807, 2.05) is 30.3 Å². The molecule has 0 unspecified atom stereocenters. The zero-order valence-corrected chi connectivity index (χ0v) is 18.2. The number of piperazine rings is 1. The number of rotatable bonds is 6. The van der Waals surface area contributed by atoms with E-state index in [1.165, 1.54) is 25.3 Å². The van der Waals surface area contributed by atoms with Gasteiger partial charge in [-0.3, -0.25) is 24.9 Å². The van der Waals surface area contributed by atoms with Crippen LogP contribution in [0.25, 0.3) is 17.1 Å². The number of amides is 1. The quantitative estimate of drug-likeness (QED) is 0.423. The molecule has 3 heterocycles. The summed E-state index contributed by atoms with van der Waals surface area (Å²) in [7, 11) is 1.39. The number of benzene rings is 1. The SMILES string of the molecule is C=C(c1ccc(-c2ccccn2)nc1)N1CCN(C(=O)c2ccc([N+](=O)[O-])cc2OC)CC1. The van der Waals surface area contributed by atoms with Crippen LogP contribution in [0.5, 0.6) is 5.75 Å². The van der Waals surface area contributed by atoms with Gasteiger partial charge in [0, 0.05) is 55.9 Å². The summed E-state index contributed by atoms with van der Waals surface area (Å²) >= 11 is 0. The Kier molecular flexibility index (Phi) is 6.30. The highest BCUT2D eigenvalue weighted by Crippen LogP contribution is 2.27. The van der Waals surface area contributed by atoms with E-state index in [2.05, 4.69) is 21.4 Å². The summed E-state index contributed by atoms with van der Waals surface area (Å²) in [5.41, 5.74) is 3.54. The predicted molar refractivity (Wildman–Crippen MR) is 124 cm³/mol. The van der Waals surface area contributed by atoms with Crippen LogP contribution in [-0.4, -0.2) is 63.9 Å². The van der Waals surface area contributed by atoms with E-state index >= 15 is 0 Å². The van der Waals surface area contributed by atoms with Crippen molar-refractivity contribution in [3.8, 4) is 17.1 Å². The molecule has 1 fully saturated rings. The summed E-state index contributed by atoms with van der Waals surface area (Å²) in [6.07, 6.45) is 3.52. The van der Waals surface area contributed by atoms with Gasteiger partial charge in [0.25, 0.3) is 11.6 Å². The van der Waals surface area contributed by atoms with E-state index in [-0.39, 0.29) is 17.3 Å². The molecule has 0 radical (unpaired) electrons. The number of aromatic nitrogens is 2. The van der Waals surface area contributed by atoms with Gasteiger partial charge in [-0.1, -0.05) is 12.6 Å². The molecule has 3 aromatic rings. The van der Waals surface area contributed by atoms with Crippen molar-refractivity contribution in [2.24, 2.45) is 0 Å². The van der Waals surface area contributed by atoms with Crippen LogP contribution >= 0.6 is 0 Å². The summed E-state index contributed by atoms with van der Waals surface area (Å²) in [5, 5.41) is 11.0. The molecule has 0 bridgehead atoms. The molecular weight excluding hydrogens is 422 g/mol. The molecule has 9 heteroatoms. The average molecular weight is 445 g/mol. The number of nitro benzene ring substituents is 1. The van der Waals surface area contributed by atoms with Crippen molar-refractivity contribution in [1.29, 1.82) is 0 Å². The van der Waals surface area contributed by atoms with Crippen molar-refractivity contribution >= 4 is 17.3 Å². The minimum atomic E-state index is -0.515. The Balaban J connectivity index is 1.40. The zero-order chi connectivity index (χ0) is 23.4. The maximum Gasteiger partial charge on any atom is 0.273 e. The van der Waals surface area contributed by atoms with E-state index in [4.69, 9.17) is 4.74 Å². The monoisotopic (exact) mass is 445 g/mol. The number of nitrogens with zero attached hydrogens (tertiary/aromatic N) is 5. The molecule has 4 rings (SSSR count). The van der Waals surface area contributed by atoms with E-state index in [0.717, 1.165) is 22.6 Å². The highest BCUT2D eigenvalue weighted by Gasteiger charge is 2.26. The maximum atomic E-state index is 13.0. The standard InChI is InChI=1S/C24H23N5O4/c1-17(18-6-9-22(26-16-18)21-5-3-4-10-25-21)27-11-13-28(14-12-27)24(30)20-8-7-19(29(31)32)15-23(20)33-2/h3-10,15-16H,1,11-14H2,2H3. The van der Waals surface area contributed by atoms with E-state index in [9.17, 15) is 14.9 Å². The highest BCUT2D eigenvalue weighted by atomic mass is 16.6. The van der Waals surface area contributed by atoms with Crippen LogP contribution < -0.4 is 4.74 Å². The Bertz CT molecular complexity index is 1170. The Morgan fingerprint density at radius 3 is 2.36 bits per heavy atom. The first-order valence-corrected chi connectivity index (χ1v) is 10.4. The number of nitro groups is 1. The van der Waals surface area contributed by atoms with Gasteiger partial charge in [0.05, 0.1) is 35.1 Å². The lowest BCUT2D eigenvalue weighted by molar-refractivity contribution is -0.384. The number of hydrogen-bond acceptors (Lipinski definition) is 7. The Morgan fingerprint density at radius 1 is 1.03 bits per heavy atom. The second kappa shape index (κ2) is 9.47. The van der Waals surface area contributed by atoms with Crippen LogP contribution in [0.15, 0.2) is 67.5 Å². The molecule has 0 saturated carbocycles. The molecule has 1 aromatic carbocycles. The number of non-ortho nitro benzene ring substituents is 1. The Hall–Kier alpha value is -4.27. The lowest BCUT2D eigenvalue weighted by Crippen LogP contribution is -2.47. The third kappa shape index (κ3) is 4.67. The van der Waals surface area contributed by atoms with Crippen molar-refractivity contribution in [2.45, 2.75) is 0 Å². The van der Waals surface area contributed by atoms with Gasteiger partial charge in [-0.15, -0.1) is 0 Å². The third-order valence-electron chi connectivity index (χ3n) is 5.60. The first-order chi connectivity index (χ1) is 16.0. The van der Waals surface area contributed by atoms with Crippen molar-refractivity contribution in [1.82, 2.24) is 19.8 Å². The van der Waals surface area contributed by atoms with Crippen molar-refractivity contribution < 1.29 is 14.5 Å². The van der Waals surface area contributed by atoms with E-state index in [0.29, 0.717) is 31.7 Å². The summed E-state index contributed by atoms with van der Waals surface area (Å²) in [6.45, 7) is 6.44. The number of carbonyl (C=O) groups excluding carboxylic acids is 1. The Morgan fingerprint density at radius 2 is 1.76 bits per heavy atom. The van der Waals surface area contributed by atoms with Gasteiger partial charge >= 0.3 is 0 Å². The molecule has 1 amide bonds. The number of methoxy groups -OCH3 is 1. The highest BCUT2D eigenvalue weighted by molar-refractivity contribution is 5.97. The molecule has 1 saturated heterocycles. The molecule has 33 heavy (non-hydrogen) atoms. The first kappa shape index (κ1) is 21.9. The molecule has 0 N–H and O–H groups in total. The molecule has 1 aliphatic rings. The van der Waals surface area contributed by atoms with Gasteiger partial charge < -0.3 is 14.5 Å². The van der Waals surface area contributed by atoms with Crippen LogP contribution in [-0.2, 0) is 0 Å². The average Bonchev–Trinajstić information content (AvgIpc) is 2.88. The fourth-order valence-corrected chi connectivity index (χ4v) is 3.73. The van der Waals surface area contributed by atoms with Gasteiger partial charge in [0.2, 0.25) is 0 Å². The van der Waals surface area contributed by atoms with Crippen LogP contribution in [0.3, 0.4) is 0 Å². The number of carbonyl (C=O) groups is 1. The van der Waals surface area contributed by atoms with Gasteiger partial charge in [-0.25, -0.2) is 0 Å². The van der Waals surface area contributed by atoms with E-state index < -0.39 is 4.92 Å². The van der Waals surface area contributed by atoms with Gasteiger partial charge in [0.15, 0.2) is 0 Å². The lowest BCUT2D eigenvalue weighted by atomic mass is 10.1. The number of ether oxygens (including phenoxy) is 1. The first-order valence-electron chi connectivity index (χ1n) is 10.4. The van der Waals surface area contributed by atoms with Crippen LogP contribution in [0.2, 0.25) is 0 Å². The summed E-state index contributed by atoms with van der Waals surface area (Å²) < 4.78 is 5.22. The molecule has 1 aliphatic heterocycles. The van der Waals surface area contributed by atoms with Crippen molar-refractivity contribution in [3.05, 3.63) is 88.7 Å². The summed E-state index contributed by atoms with van der Waals surface area (Å²) in [6, 6.07) is 13.6. The normalized spacial score (nSPS) is 13.5. The fraction of sp³-hybridized carbons (Fsp3) is 0.208. The predicted octanol–water partition coefficient (Wildman–Crippen LogP) is 3.49. The van der Waals surface area contributed by atoms with Crippen LogP contribution in [0.4, 0.5) is 5.69 Å². The lowest BCUT2D eigenvalue weighted by Gasteiger charge is -2.37. The summed E-state index contributed by atoms with van der Waals surface area (Å²) in [4.78, 5) is 36.1. The maximum absolute atomic E-state index is 13.0. The number of pyridine rings is 2. The van der Waals surface area contributed by atoms with Gasteiger partial charge in [-0.2, -0.15) is 0 Å². The van der Waals surface area contributed by atoms with Gasteiger partial charge in [-0.05, 0) is 30.3 Å². The molecule has 0 aliphatic carbocycles. The van der Waals surface area contributed by atoms with Crippen molar-refractivity contribution in [2.75, 3.05) is 33.3 Å². The fourth-order valence-electron chi connectivity index (χ4n) is 3.73. The second-order valence-corrected chi connectivity index (χ2v) is 7.51. The van der Waals surface area contributed by atoms with Crippen molar-refractivity contribution in [3.63, 3.8) is 0 Å². The second-order valence-electron chi connectivity index (χ2n) is 7.51. The minimum absolute atomic E-state index is 0.118. The molecule has 0 atom stereocenters. The Labute approximate surface area is 191 Å². The molecule has 168 valence electrons. The molecular formula is C24H23N5O4. The molecule has 2 aromatic heterocycles. The number of hydrogen-bond donors (Lipinski definition) is 0. The molecule has 0 spiro atoms. The zero-order valence-electron chi connectivity index (χ0n) is 18.2. The molecule has 9 nitrogen and oxygen atoms in total. The smallest absolute Gasteiger partial charge is 0.273 e.